The number of aromatic nitrogens is 2. The highest BCUT2D eigenvalue weighted by atomic mass is 19.1. The van der Waals surface area contributed by atoms with Crippen molar-refractivity contribution in [2.24, 2.45) is 0 Å². The van der Waals surface area contributed by atoms with E-state index in [0.29, 0.717) is 0 Å². The van der Waals surface area contributed by atoms with Gasteiger partial charge in [-0.1, -0.05) is 6.08 Å². The van der Waals surface area contributed by atoms with Crippen LogP contribution < -0.4 is 10.2 Å². The molecule has 0 radical (unpaired) electrons. The second kappa shape index (κ2) is 7.06. The maximum Gasteiger partial charge on any atom is 0.156 e. The molecule has 0 aliphatic heterocycles. The van der Waals surface area contributed by atoms with Crippen molar-refractivity contribution >= 4 is 21.8 Å². The lowest BCUT2D eigenvalue weighted by Crippen LogP contribution is -2.16. The molecule has 26 heavy (non-hydrogen) atoms. The third-order valence-electron chi connectivity index (χ3n) is 4.40. The van der Waals surface area contributed by atoms with Crippen LogP contribution in [0.3, 0.4) is 0 Å². The normalized spacial score (nSPS) is 11.3. The number of fused-ring (bicyclic) bond motifs is 2. The van der Waals surface area contributed by atoms with Crippen LogP contribution in [0.25, 0.3) is 21.8 Å². The second-order valence-electron chi connectivity index (χ2n) is 6.20. The summed E-state index contributed by atoms with van der Waals surface area (Å²) in [4.78, 5) is 9.23. The van der Waals surface area contributed by atoms with Gasteiger partial charge in [0.25, 0.3) is 0 Å². The Morgan fingerprint density at radius 2 is 2.12 bits per heavy atom. The maximum atomic E-state index is 13.8. The number of benzene rings is 2. The van der Waals surface area contributed by atoms with Crippen molar-refractivity contribution in [3.05, 3.63) is 78.9 Å². The molecule has 2 aromatic carbocycles. The zero-order valence-corrected chi connectivity index (χ0v) is 14.3. The van der Waals surface area contributed by atoms with Crippen molar-refractivity contribution in [1.82, 2.24) is 15.0 Å². The van der Waals surface area contributed by atoms with Crippen molar-refractivity contribution in [3.8, 4) is 5.75 Å². The van der Waals surface area contributed by atoms with Crippen molar-refractivity contribution < 1.29 is 9.23 Å². The van der Waals surface area contributed by atoms with Gasteiger partial charge in [0.15, 0.2) is 5.75 Å². The number of hydrogen-bond acceptors (Lipinski definition) is 2. The third-order valence-corrected chi connectivity index (χ3v) is 4.40. The standard InChI is InChI=1S/C21H20FN3O/c1-2-9-23-10-7-16-14-25(21-6-3-17(22)13-19(16)21)26-18-4-5-20-15(12-18)8-11-24-20/h2-6,8,11-14,23-24H,1,7,9-10H2. The molecule has 4 aromatic rings. The first-order valence-electron chi connectivity index (χ1n) is 8.61. The van der Waals surface area contributed by atoms with Gasteiger partial charge in [-0.2, -0.15) is 4.73 Å². The molecule has 132 valence electrons. The molecule has 0 bridgehead atoms. The van der Waals surface area contributed by atoms with E-state index in [1.807, 2.05) is 42.7 Å². The van der Waals surface area contributed by atoms with E-state index in [1.165, 1.54) is 6.07 Å². The van der Waals surface area contributed by atoms with Crippen molar-refractivity contribution in [1.29, 1.82) is 0 Å². The fourth-order valence-electron chi connectivity index (χ4n) is 3.14. The molecule has 0 unspecified atom stereocenters. The molecule has 4 nitrogen and oxygen atoms in total. The van der Waals surface area contributed by atoms with E-state index in [9.17, 15) is 4.39 Å². The number of halogens is 1. The van der Waals surface area contributed by atoms with Crippen LogP contribution in [0.1, 0.15) is 5.56 Å². The quantitative estimate of drug-likeness (QED) is 0.383. The maximum absolute atomic E-state index is 13.8. The molecule has 5 heteroatoms. The Labute approximate surface area is 150 Å². The molecule has 2 heterocycles. The van der Waals surface area contributed by atoms with Crippen LogP contribution in [0.2, 0.25) is 0 Å². The van der Waals surface area contributed by atoms with Crippen molar-refractivity contribution in [2.45, 2.75) is 6.42 Å². The number of nitrogens with zero attached hydrogens (tertiary/aromatic N) is 1. The van der Waals surface area contributed by atoms with E-state index in [-0.39, 0.29) is 5.82 Å². The van der Waals surface area contributed by atoms with Gasteiger partial charge in [-0.15, -0.1) is 6.58 Å². The van der Waals surface area contributed by atoms with E-state index in [2.05, 4.69) is 16.9 Å². The fraction of sp³-hybridized carbons (Fsp3) is 0.143. The smallest absolute Gasteiger partial charge is 0.156 e. The van der Waals surface area contributed by atoms with E-state index in [0.717, 1.165) is 52.6 Å². The lowest BCUT2D eigenvalue weighted by Gasteiger charge is -2.07. The Morgan fingerprint density at radius 3 is 3.00 bits per heavy atom. The summed E-state index contributed by atoms with van der Waals surface area (Å²) in [5.41, 5.74) is 2.95. The van der Waals surface area contributed by atoms with Gasteiger partial charge in [0.2, 0.25) is 0 Å². The Kier molecular flexibility index (Phi) is 4.46. The summed E-state index contributed by atoms with van der Waals surface area (Å²) < 4.78 is 15.5. The van der Waals surface area contributed by atoms with Crippen LogP contribution in [0, 0.1) is 5.82 Å². The van der Waals surface area contributed by atoms with Gasteiger partial charge >= 0.3 is 0 Å². The van der Waals surface area contributed by atoms with Gasteiger partial charge in [0, 0.05) is 35.2 Å². The topological polar surface area (TPSA) is 42.0 Å². The summed E-state index contributed by atoms with van der Waals surface area (Å²) in [6, 6.07) is 12.6. The highest BCUT2D eigenvalue weighted by Gasteiger charge is 2.11. The zero-order valence-electron chi connectivity index (χ0n) is 14.3. The van der Waals surface area contributed by atoms with Crippen molar-refractivity contribution in [2.75, 3.05) is 13.1 Å². The Hall–Kier alpha value is -3.05. The zero-order chi connectivity index (χ0) is 17.9. The van der Waals surface area contributed by atoms with E-state index < -0.39 is 0 Å². The predicted octanol–water partition coefficient (Wildman–Crippen LogP) is 4.42. The van der Waals surface area contributed by atoms with Crippen LogP contribution in [0.4, 0.5) is 4.39 Å². The largest absolute Gasteiger partial charge is 0.375 e. The average Bonchev–Trinajstić information content (AvgIpc) is 3.23. The summed E-state index contributed by atoms with van der Waals surface area (Å²) >= 11 is 0. The first-order chi connectivity index (χ1) is 12.7. The predicted molar refractivity (Wildman–Crippen MR) is 103 cm³/mol. The number of hydrogen-bond donors (Lipinski definition) is 2. The first kappa shape index (κ1) is 16.4. The summed E-state index contributed by atoms with van der Waals surface area (Å²) in [6.45, 7) is 5.24. The molecular formula is C21H20FN3O. The second-order valence-corrected chi connectivity index (χ2v) is 6.20. The molecule has 0 atom stereocenters. The van der Waals surface area contributed by atoms with E-state index in [1.54, 1.807) is 16.9 Å². The monoisotopic (exact) mass is 349 g/mol. The molecular weight excluding hydrogens is 329 g/mol. The third kappa shape index (κ3) is 3.21. The van der Waals surface area contributed by atoms with Gasteiger partial charge in [0.05, 0.1) is 5.52 Å². The lowest BCUT2D eigenvalue weighted by molar-refractivity contribution is 0.229. The molecule has 0 saturated carbocycles. The van der Waals surface area contributed by atoms with Gasteiger partial charge in [-0.3, -0.25) is 0 Å². The molecule has 2 N–H and O–H groups in total. The van der Waals surface area contributed by atoms with Gasteiger partial charge in [-0.25, -0.2) is 4.39 Å². The molecule has 0 aliphatic carbocycles. The van der Waals surface area contributed by atoms with Gasteiger partial charge < -0.3 is 15.1 Å². The summed E-state index contributed by atoms with van der Waals surface area (Å²) in [7, 11) is 0. The minimum absolute atomic E-state index is 0.246. The Balaban J connectivity index is 1.66. The lowest BCUT2D eigenvalue weighted by atomic mass is 10.1. The van der Waals surface area contributed by atoms with E-state index in [4.69, 9.17) is 4.84 Å². The minimum Gasteiger partial charge on any atom is -0.375 e. The fourth-order valence-corrected chi connectivity index (χ4v) is 3.14. The number of rotatable bonds is 7. The molecule has 0 amide bonds. The van der Waals surface area contributed by atoms with Crippen LogP contribution in [-0.4, -0.2) is 22.8 Å². The molecule has 2 aromatic heterocycles. The minimum atomic E-state index is -0.246. The summed E-state index contributed by atoms with van der Waals surface area (Å²) in [6.07, 6.45) is 6.43. The molecule has 0 saturated heterocycles. The molecule has 0 aliphatic rings. The summed E-state index contributed by atoms with van der Waals surface area (Å²) in [5, 5.41) is 5.22. The first-order valence-corrected chi connectivity index (χ1v) is 8.61. The van der Waals surface area contributed by atoms with Crippen LogP contribution in [-0.2, 0) is 6.42 Å². The summed E-state index contributed by atoms with van der Waals surface area (Å²) in [5.74, 6) is 0.485. The number of nitrogens with one attached hydrogen (secondary N) is 2. The highest BCUT2D eigenvalue weighted by molar-refractivity contribution is 5.84. The Bertz CT molecular complexity index is 1060. The molecule has 4 rings (SSSR count). The molecule has 0 fully saturated rings. The van der Waals surface area contributed by atoms with Gasteiger partial charge in [0.1, 0.15) is 5.82 Å². The molecule has 0 spiro atoms. The highest BCUT2D eigenvalue weighted by Crippen LogP contribution is 2.26. The van der Waals surface area contributed by atoms with Crippen LogP contribution in [0.5, 0.6) is 5.75 Å². The number of aromatic amines is 1. The Morgan fingerprint density at radius 1 is 1.19 bits per heavy atom. The SMILES string of the molecule is C=CCNCCc1cn(Oc2ccc3[nH]ccc3c2)c2ccc(F)cc12. The average molecular weight is 349 g/mol. The van der Waals surface area contributed by atoms with Gasteiger partial charge in [-0.05, 0) is 61.0 Å². The van der Waals surface area contributed by atoms with Crippen LogP contribution >= 0.6 is 0 Å². The van der Waals surface area contributed by atoms with Crippen LogP contribution in [0.15, 0.2) is 67.5 Å². The number of H-pyrrole nitrogens is 1. The van der Waals surface area contributed by atoms with E-state index >= 15 is 0 Å². The van der Waals surface area contributed by atoms with Crippen molar-refractivity contribution in [3.63, 3.8) is 0 Å².